The molecule has 4 nitrogen and oxygen atoms in total. The van der Waals surface area contributed by atoms with Crippen molar-refractivity contribution < 1.29 is 0 Å². The van der Waals surface area contributed by atoms with E-state index in [2.05, 4.69) is 109 Å². The summed E-state index contributed by atoms with van der Waals surface area (Å²) >= 11 is 0. The number of allylic oxidation sites excluding steroid dienone is 5. The van der Waals surface area contributed by atoms with Gasteiger partial charge in [-0.05, 0) is 28.9 Å². The monoisotopic (exact) mass is 526 g/mol. The van der Waals surface area contributed by atoms with Crippen molar-refractivity contribution in [3.63, 3.8) is 0 Å². The minimum absolute atomic E-state index is 0.0924. The zero-order valence-corrected chi connectivity index (χ0v) is 22.5. The van der Waals surface area contributed by atoms with Gasteiger partial charge in [0.1, 0.15) is 0 Å². The highest BCUT2D eigenvalue weighted by molar-refractivity contribution is 6.30. The summed E-state index contributed by atoms with van der Waals surface area (Å²) in [5.74, 6) is 0.218. The second-order valence-corrected chi connectivity index (χ2v) is 11.3. The zero-order chi connectivity index (χ0) is 26.9. The summed E-state index contributed by atoms with van der Waals surface area (Å²) in [6.07, 6.45) is 14.7. The first-order valence-corrected chi connectivity index (χ1v) is 14.4. The van der Waals surface area contributed by atoms with Crippen LogP contribution in [-0.4, -0.2) is 35.4 Å². The first-order valence-electron chi connectivity index (χ1n) is 14.4. The molecule has 0 aromatic heterocycles. The lowest BCUT2D eigenvalue weighted by molar-refractivity contribution is 0.612. The lowest BCUT2D eigenvalue weighted by atomic mass is 9.93. The van der Waals surface area contributed by atoms with E-state index < -0.39 is 0 Å². The summed E-state index contributed by atoms with van der Waals surface area (Å²) in [6, 6.07) is 25.8. The Morgan fingerprint density at radius 2 is 1.34 bits per heavy atom. The van der Waals surface area contributed by atoms with Gasteiger partial charge in [0.25, 0.3) is 0 Å². The van der Waals surface area contributed by atoms with Crippen LogP contribution < -0.4 is 0 Å². The largest absolute Gasteiger partial charge is 0.284 e. The van der Waals surface area contributed by atoms with Crippen LogP contribution in [0.1, 0.15) is 46.2 Å². The molecule has 4 heteroatoms. The fourth-order valence-corrected chi connectivity index (χ4v) is 7.03. The van der Waals surface area contributed by atoms with E-state index in [-0.39, 0.29) is 12.0 Å². The fraction of sp³-hybridized carbons (Fsp3) is 0.135. The number of benzene rings is 3. The summed E-state index contributed by atoms with van der Waals surface area (Å²) in [5, 5.41) is 0. The molecule has 6 aliphatic rings. The molecule has 194 valence electrons. The molecule has 2 atom stereocenters. The molecule has 0 N–H and O–H groups in total. The van der Waals surface area contributed by atoms with Gasteiger partial charge in [0.15, 0.2) is 0 Å². The Labute approximate surface area is 239 Å². The molecule has 0 fully saturated rings. The summed E-state index contributed by atoms with van der Waals surface area (Å²) in [6.45, 7) is 0.617. The van der Waals surface area contributed by atoms with Crippen molar-refractivity contribution >= 4 is 34.1 Å². The van der Waals surface area contributed by atoms with Crippen LogP contribution >= 0.6 is 0 Å². The highest BCUT2D eigenvalue weighted by Gasteiger charge is 2.35. The maximum absolute atomic E-state index is 5.42. The van der Waals surface area contributed by atoms with E-state index in [9.17, 15) is 0 Å². The Morgan fingerprint density at radius 3 is 2.17 bits per heavy atom. The van der Waals surface area contributed by atoms with E-state index in [0.29, 0.717) is 6.54 Å². The third-order valence-electron chi connectivity index (χ3n) is 8.97. The van der Waals surface area contributed by atoms with Crippen LogP contribution in [0.2, 0.25) is 0 Å². The van der Waals surface area contributed by atoms with Crippen molar-refractivity contribution in [3.8, 4) is 0 Å². The number of rotatable bonds is 0. The highest BCUT2D eigenvalue weighted by Crippen LogP contribution is 2.41. The molecule has 1 aliphatic heterocycles. The standard InChI is InChI=1S/C37H26N4/c1-2-10-24-23(9-1)22-17-32(24)39-34-19-36(28-14-6-5-13-27(28)34)41-37-20-35(29-15-7-8-16-30(29)37)40-33-18-31(38-21-22)25-11-3-4-12-26(25)33/h1-17,20,28,36H,18-19,21H2. The first-order chi connectivity index (χ1) is 20.3. The van der Waals surface area contributed by atoms with Gasteiger partial charge in [-0.1, -0.05) is 97.1 Å². The van der Waals surface area contributed by atoms with Gasteiger partial charge in [-0.2, -0.15) is 0 Å². The van der Waals surface area contributed by atoms with Gasteiger partial charge >= 0.3 is 0 Å². The number of aliphatic imine (C=N–C) groups is 4. The molecule has 5 aliphatic carbocycles. The molecular formula is C37H26N4. The number of hydrogen-bond donors (Lipinski definition) is 0. The molecule has 8 bridgehead atoms. The maximum atomic E-state index is 5.42. The molecule has 3 aromatic carbocycles. The van der Waals surface area contributed by atoms with Crippen molar-refractivity contribution in [1.29, 1.82) is 0 Å². The average Bonchev–Trinajstić information content (AvgIpc) is 3.75. The van der Waals surface area contributed by atoms with Gasteiger partial charge in [0.05, 0.1) is 35.4 Å². The summed E-state index contributed by atoms with van der Waals surface area (Å²) < 4.78 is 0. The molecule has 2 unspecified atom stereocenters. The summed E-state index contributed by atoms with van der Waals surface area (Å²) in [7, 11) is 0. The van der Waals surface area contributed by atoms with Crippen LogP contribution in [-0.2, 0) is 0 Å². The van der Waals surface area contributed by atoms with Crippen LogP contribution in [0.3, 0.4) is 0 Å². The topological polar surface area (TPSA) is 49.4 Å². The fourth-order valence-electron chi connectivity index (χ4n) is 7.03. The van der Waals surface area contributed by atoms with E-state index in [1.807, 2.05) is 0 Å². The minimum Gasteiger partial charge on any atom is -0.284 e. The van der Waals surface area contributed by atoms with E-state index in [4.69, 9.17) is 20.0 Å². The lowest BCUT2D eigenvalue weighted by Gasteiger charge is -2.17. The van der Waals surface area contributed by atoms with Crippen LogP contribution in [0.4, 0.5) is 0 Å². The van der Waals surface area contributed by atoms with Crippen LogP contribution in [0, 0.1) is 5.92 Å². The number of hydrogen-bond acceptors (Lipinski definition) is 4. The predicted molar refractivity (Wildman–Crippen MR) is 168 cm³/mol. The van der Waals surface area contributed by atoms with Crippen molar-refractivity contribution in [2.24, 2.45) is 25.9 Å². The molecule has 0 saturated carbocycles. The Balaban J connectivity index is 1.27. The molecule has 1 heterocycles. The average molecular weight is 527 g/mol. The quantitative estimate of drug-likeness (QED) is 0.298. The van der Waals surface area contributed by atoms with Gasteiger partial charge in [-0.25, -0.2) is 0 Å². The van der Waals surface area contributed by atoms with Gasteiger partial charge in [-0.3, -0.25) is 20.0 Å². The smallest absolute Gasteiger partial charge is 0.0734 e. The van der Waals surface area contributed by atoms with Crippen molar-refractivity contribution in [1.82, 2.24) is 0 Å². The van der Waals surface area contributed by atoms with Gasteiger partial charge in [0, 0.05) is 58.0 Å². The Kier molecular flexibility index (Phi) is 4.88. The van der Waals surface area contributed by atoms with Gasteiger partial charge in [0.2, 0.25) is 0 Å². The lowest BCUT2D eigenvalue weighted by Crippen LogP contribution is -2.15. The van der Waals surface area contributed by atoms with Crippen molar-refractivity contribution in [2.75, 3.05) is 6.54 Å². The van der Waals surface area contributed by atoms with Gasteiger partial charge in [-0.15, -0.1) is 0 Å². The highest BCUT2D eigenvalue weighted by atomic mass is 14.9. The van der Waals surface area contributed by atoms with Crippen molar-refractivity contribution in [2.45, 2.75) is 18.9 Å². The third kappa shape index (κ3) is 3.53. The Bertz CT molecular complexity index is 1970. The molecular weight excluding hydrogens is 500 g/mol. The zero-order valence-electron chi connectivity index (χ0n) is 22.5. The second kappa shape index (κ2) is 8.77. The molecule has 9 rings (SSSR count). The molecule has 0 radical (unpaired) electrons. The molecule has 0 amide bonds. The Hall–Kier alpha value is -4.96. The van der Waals surface area contributed by atoms with Crippen LogP contribution in [0.25, 0.3) is 11.3 Å². The maximum Gasteiger partial charge on any atom is 0.0734 e. The SMILES string of the molecule is C1=CC2=C3CC(N=C4C=C(N=C5CC(=NCC6=CC(=N3)c3ccccc36)c3ccccc35)c3ccccc34)C2C=C1. The summed E-state index contributed by atoms with van der Waals surface area (Å²) in [4.78, 5) is 21.3. The summed E-state index contributed by atoms with van der Waals surface area (Å²) in [5.41, 5.74) is 15.9. The molecule has 3 aromatic rings. The normalized spacial score (nSPS) is 22.9. The minimum atomic E-state index is 0.0924. The molecule has 0 saturated heterocycles. The van der Waals surface area contributed by atoms with E-state index in [1.54, 1.807) is 0 Å². The van der Waals surface area contributed by atoms with Crippen LogP contribution in [0.15, 0.2) is 140 Å². The van der Waals surface area contributed by atoms with Crippen LogP contribution in [0.5, 0.6) is 0 Å². The number of nitrogens with zero attached hydrogens (tertiary/aromatic N) is 4. The molecule has 41 heavy (non-hydrogen) atoms. The van der Waals surface area contributed by atoms with E-state index >= 15 is 0 Å². The van der Waals surface area contributed by atoms with E-state index in [0.717, 1.165) is 58.2 Å². The third-order valence-corrected chi connectivity index (χ3v) is 8.97. The second-order valence-electron chi connectivity index (χ2n) is 11.3. The molecule has 0 spiro atoms. The van der Waals surface area contributed by atoms with Gasteiger partial charge < -0.3 is 0 Å². The predicted octanol–water partition coefficient (Wildman–Crippen LogP) is 7.18. The van der Waals surface area contributed by atoms with Crippen molar-refractivity contribution in [3.05, 3.63) is 154 Å². The van der Waals surface area contributed by atoms with E-state index in [1.165, 1.54) is 33.4 Å². The first kappa shape index (κ1) is 22.8. The number of fused-ring (bicyclic) bond motifs is 17. The Morgan fingerprint density at radius 1 is 0.634 bits per heavy atom.